The number of rotatable bonds is 18. The van der Waals surface area contributed by atoms with E-state index in [-0.39, 0.29) is 22.9 Å². The fourth-order valence-electron chi connectivity index (χ4n) is 4.67. The van der Waals surface area contributed by atoms with Crippen molar-refractivity contribution in [2.24, 2.45) is 23.3 Å². The molecule has 1 aromatic carbocycles. The Bertz CT molecular complexity index is 1360. The number of hydrogen-bond acceptors (Lipinski definition) is 7. The van der Waals surface area contributed by atoms with E-state index in [1.165, 1.54) is 12.1 Å². The Hall–Kier alpha value is -4.03. The number of nitrogens with zero attached hydrogens (tertiary/aromatic N) is 1. The number of aromatic nitrogens is 1. The van der Waals surface area contributed by atoms with Crippen molar-refractivity contribution >= 4 is 11.4 Å². The van der Waals surface area contributed by atoms with Crippen LogP contribution in [0, 0.1) is 22.7 Å². The maximum Gasteiger partial charge on any atom is 0.430 e. The van der Waals surface area contributed by atoms with Crippen molar-refractivity contribution < 1.29 is 35.8 Å². The van der Waals surface area contributed by atoms with Crippen molar-refractivity contribution in [1.82, 2.24) is 4.98 Å². The fraction of sp³-hybridized carbons (Fsp3) is 0.500. The van der Waals surface area contributed by atoms with E-state index in [1.54, 1.807) is 18.2 Å². The molecule has 0 aliphatic heterocycles. The molecule has 2 aromatic rings. The molecule has 7 nitrogen and oxygen atoms in total. The quantitative estimate of drug-likeness (QED) is 0.0929. The average Bonchev–Trinajstić information content (AvgIpc) is 3.01. The first-order valence-corrected chi connectivity index (χ1v) is 15.7. The number of pyridine rings is 1. The number of hydrogen-bond donors (Lipinski definition) is 4. The van der Waals surface area contributed by atoms with Crippen LogP contribution in [0.15, 0.2) is 53.9 Å². The lowest BCUT2D eigenvalue weighted by atomic mass is 9.99. The SMILES string of the molecule is CCCCC(CC)COc1ccc(-c2cc(C(=N)C=C(N)C(F)(F)F)nc(C(=N)C=C(N)C(F)(F)F)c2)c(OCC(CC)CCC)c1. The Morgan fingerprint density at radius 3 is 1.74 bits per heavy atom. The molecule has 1 aromatic heterocycles. The van der Waals surface area contributed by atoms with Gasteiger partial charge in [0.15, 0.2) is 0 Å². The molecule has 6 N–H and O–H groups in total. The second kappa shape index (κ2) is 17.8. The van der Waals surface area contributed by atoms with Gasteiger partial charge < -0.3 is 20.9 Å². The summed E-state index contributed by atoms with van der Waals surface area (Å²) in [4.78, 5) is 4.02. The highest BCUT2D eigenvalue weighted by molar-refractivity contribution is 6.10. The summed E-state index contributed by atoms with van der Waals surface area (Å²) in [5.41, 5.74) is 5.50. The van der Waals surface area contributed by atoms with E-state index in [1.807, 2.05) is 6.92 Å². The van der Waals surface area contributed by atoms with Crippen molar-refractivity contribution in [3.05, 3.63) is 65.3 Å². The molecule has 47 heavy (non-hydrogen) atoms. The van der Waals surface area contributed by atoms with E-state index in [2.05, 4.69) is 25.8 Å². The smallest absolute Gasteiger partial charge is 0.430 e. The molecule has 0 aliphatic rings. The van der Waals surface area contributed by atoms with E-state index in [0.29, 0.717) is 48.3 Å². The summed E-state index contributed by atoms with van der Waals surface area (Å²) in [5.74, 6) is 1.46. The van der Waals surface area contributed by atoms with Gasteiger partial charge in [-0.3, -0.25) is 10.8 Å². The van der Waals surface area contributed by atoms with Gasteiger partial charge in [0.05, 0.1) is 36.0 Å². The minimum atomic E-state index is -4.93. The van der Waals surface area contributed by atoms with Crippen LogP contribution in [0.2, 0.25) is 0 Å². The summed E-state index contributed by atoms with van der Waals surface area (Å²) in [6.45, 7) is 9.17. The van der Waals surface area contributed by atoms with Gasteiger partial charge in [0.2, 0.25) is 0 Å². The minimum Gasteiger partial charge on any atom is -0.493 e. The molecule has 2 atom stereocenters. The van der Waals surface area contributed by atoms with E-state index < -0.39 is 35.2 Å². The molecule has 0 saturated heterocycles. The normalized spacial score (nSPS) is 14.1. The van der Waals surface area contributed by atoms with Gasteiger partial charge in [0.25, 0.3) is 0 Å². The zero-order valence-corrected chi connectivity index (χ0v) is 27.2. The van der Waals surface area contributed by atoms with E-state index in [4.69, 9.17) is 31.8 Å². The lowest BCUT2D eigenvalue weighted by Crippen LogP contribution is -2.21. The van der Waals surface area contributed by atoms with Gasteiger partial charge in [-0.1, -0.05) is 59.8 Å². The molecular formula is C34H45F6N5O2. The summed E-state index contributed by atoms with van der Waals surface area (Å²) in [7, 11) is 0. The third kappa shape index (κ3) is 12.3. The summed E-state index contributed by atoms with van der Waals surface area (Å²) in [6.07, 6.45) is -2.33. The highest BCUT2D eigenvalue weighted by Crippen LogP contribution is 2.36. The van der Waals surface area contributed by atoms with Crippen LogP contribution in [0.3, 0.4) is 0 Å². The van der Waals surface area contributed by atoms with Gasteiger partial charge in [-0.05, 0) is 66.7 Å². The van der Waals surface area contributed by atoms with Crippen LogP contribution >= 0.6 is 0 Å². The molecular weight excluding hydrogens is 624 g/mol. The van der Waals surface area contributed by atoms with Crippen LogP contribution in [0.1, 0.15) is 84.0 Å². The van der Waals surface area contributed by atoms with Crippen molar-refractivity contribution in [3.8, 4) is 22.6 Å². The highest BCUT2D eigenvalue weighted by atomic mass is 19.4. The van der Waals surface area contributed by atoms with E-state index >= 15 is 0 Å². The summed E-state index contributed by atoms with van der Waals surface area (Å²) < 4.78 is 91.3. The van der Waals surface area contributed by atoms with E-state index in [0.717, 1.165) is 44.9 Å². The first-order valence-electron chi connectivity index (χ1n) is 15.7. The third-order valence-corrected chi connectivity index (χ3v) is 7.67. The van der Waals surface area contributed by atoms with Crippen molar-refractivity contribution in [3.63, 3.8) is 0 Å². The monoisotopic (exact) mass is 669 g/mol. The Kier molecular flexibility index (Phi) is 14.8. The summed E-state index contributed by atoms with van der Waals surface area (Å²) >= 11 is 0. The standard InChI is InChI=1S/C34H45F6N5O2/c1-5-9-11-22(8-4)19-46-24-12-13-25(30(16-24)47-20-21(7-3)10-6-2)23-14-28(26(41)17-31(43)33(35,36)37)45-29(15-23)27(42)18-32(44)34(38,39)40/h12-18,21-22,41-42H,5-11,19-20,43-44H2,1-4H3. The molecule has 0 fully saturated rings. The van der Waals surface area contributed by atoms with Crippen LogP contribution in [0.5, 0.6) is 11.5 Å². The fourth-order valence-corrected chi connectivity index (χ4v) is 4.67. The molecule has 0 amide bonds. The molecule has 2 rings (SSSR count). The van der Waals surface area contributed by atoms with Gasteiger partial charge in [0.1, 0.15) is 22.9 Å². The number of nitrogens with one attached hydrogen (secondary N) is 2. The molecule has 260 valence electrons. The molecule has 0 radical (unpaired) electrons. The lowest BCUT2D eigenvalue weighted by molar-refractivity contribution is -0.0933. The predicted octanol–water partition coefficient (Wildman–Crippen LogP) is 9.09. The summed E-state index contributed by atoms with van der Waals surface area (Å²) in [5, 5.41) is 16.5. The number of alkyl halides is 6. The van der Waals surface area contributed by atoms with Gasteiger partial charge >= 0.3 is 12.4 Å². The van der Waals surface area contributed by atoms with Crippen LogP contribution in [-0.2, 0) is 0 Å². The number of unbranched alkanes of at least 4 members (excludes halogenated alkanes) is 1. The van der Waals surface area contributed by atoms with Crippen molar-refractivity contribution in [2.75, 3.05) is 13.2 Å². The Labute approximate surface area is 272 Å². The number of halogens is 6. The zero-order chi connectivity index (χ0) is 35.4. The van der Waals surface area contributed by atoms with Crippen LogP contribution in [-0.4, -0.2) is 42.0 Å². The molecule has 0 spiro atoms. The second-order valence-corrected chi connectivity index (χ2v) is 11.4. The molecule has 0 saturated carbocycles. The van der Waals surface area contributed by atoms with Crippen LogP contribution < -0.4 is 20.9 Å². The van der Waals surface area contributed by atoms with Gasteiger partial charge in [-0.15, -0.1) is 0 Å². The molecule has 0 aliphatic carbocycles. The first-order chi connectivity index (χ1) is 22.0. The third-order valence-electron chi connectivity index (χ3n) is 7.67. The second-order valence-electron chi connectivity index (χ2n) is 11.4. The van der Waals surface area contributed by atoms with Crippen LogP contribution in [0.25, 0.3) is 11.1 Å². The largest absolute Gasteiger partial charge is 0.493 e. The topological polar surface area (TPSA) is 131 Å². The molecule has 13 heteroatoms. The Morgan fingerprint density at radius 2 is 1.28 bits per heavy atom. The first kappa shape index (κ1) is 39.1. The lowest BCUT2D eigenvalue weighted by Gasteiger charge is -2.20. The molecule has 0 bridgehead atoms. The van der Waals surface area contributed by atoms with Crippen molar-refractivity contribution in [1.29, 1.82) is 10.8 Å². The predicted molar refractivity (Wildman–Crippen MR) is 173 cm³/mol. The number of nitrogens with two attached hydrogens (primary N) is 2. The summed E-state index contributed by atoms with van der Waals surface area (Å²) in [6, 6.07) is 7.63. The van der Waals surface area contributed by atoms with Crippen LogP contribution in [0.4, 0.5) is 26.3 Å². The zero-order valence-electron chi connectivity index (χ0n) is 27.2. The maximum atomic E-state index is 13.2. The van der Waals surface area contributed by atoms with E-state index in [9.17, 15) is 26.3 Å². The number of benzene rings is 1. The Balaban J connectivity index is 2.71. The van der Waals surface area contributed by atoms with Crippen molar-refractivity contribution in [2.45, 2.75) is 85.0 Å². The Morgan fingerprint density at radius 1 is 0.766 bits per heavy atom. The van der Waals surface area contributed by atoms with Gasteiger partial charge in [-0.25, -0.2) is 4.98 Å². The van der Waals surface area contributed by atoms with Gasteiger partial charge in [0, 0.05) is 11.6 Å². The molecule has 1 heterocycles. The molecule has 2 unspecified atom stereocenters. The number of ether oxygens (including phenoxy) is 2. The number of allylic oxidation sites excluding steroid dienone is 4. The maximum absolute atomic E-state index is 13.2. The van der Waals surface area contributed by atoms with Gasteiger partial charge in [-0.2, -0.15) is 26.3 Å². The average molecular weight is 670 g/mol. The minimum absolute atomic E-state index is 0.229. The highest BCUT2D eigenvalue weighted by Gasteiger charge is 2.33.